The van der Waals surface area contributed by atoms with Crippen LogP contribution in [0, 0.1) is 6.92 Å². The van der Waals surface area contributed by atoms with Crippen LogP contribution in [0.5, 0.6) is 0 Å². The Balaban J connectivity index is 3.06. The van der Waals surface area contributed by atoms with Crippen LogP contribution in [0.4, 0.5) is 5.00 Å². The average Bonchev–Trinajstić information content (AvgIpc) is 2.55. The number of hydroxylamine groups is 1. The van der Waals surface area contributed by atoms with Crippen molar-refractivity contribution in [2.75, 3.05) is 7.11 Å². The van der Waals surface area contributed by atoms with E-state index in [1.807, 2.05) is 0 Å². The Bertz CT molecular complexity index is 359. The topological polar surface area (TPSA) is 70.9 Å². The zero-order valence-electron chi connectivity index (χ0n) is 7.77. The average molecular weight is 214 g/mol. The lowest BCUT2D eigenvalue weighted by Crippen LogP contribution is -2.03. The van der Waals surface area contributed by atoms with Crippen molar-refractivity contribution in [2.24, 2.45) is 4.99 Å². The highest BCUT2D eigenvalue weighted by Crippen LogP contribution is 2.30. The monoisotopic (exact) mass is 214 g/mol. The molecule has 0 saturated carbocycles. The summed E-state index contributed by atoms with van der Waals surface area (Å²) in [6.45, 7) is 1.80. The van der Waals surface area contributed by atoms with Gasteiger partial charge >= 0.3 is 5.97 Å². The predicted molar refractivity (Wildman–Crippen MR) is 53.5 cm³/mol. The third-order valence-electron chi connectivity index (χ3n) is 1.58. The summed E-state index contributed by atoms with van der Waals surface area (Å²) in [7, 11) is 1.32. The van der Waals surface area contributed by atoms with Crippen LogP contribution in [-0.4, -0.2) is 24.6 Å². The fourth-order valence-corrected chi connectivity index (χ4v) is 1.85. The first-order valence-corrected chi connectivity index (χ1v) is 4.67. The Morgan fingerprint density at radius 3 is 3.07 bits per heavy atom. The number of aryl methyl sites for hydroxylation is 1. The molecule has 1 aromatic rings. The van der Waals surface area contributed by atoms with Crippen LogP contribution in [0.3, 0.4) is 0 Å². The molecule has 76 valence electrons. The van der Waals surface area contributed by atoms with E-state index in [0.717, 1.165) is 11.9 Å². The number of thiophene rings is 1. The summed E-state index contributed by atoms with van der Waals surface area (Å²) in [6.07, 6.45) is 1.09. The molecule has 0 unspecified atom stereocenters. The molecule has 0 aliphatic carbocycles. The van der Waals surface area contributed by atoms with Gasteiger partial charge in [0.15, 0.2) is 0 Å². The summed E-state index contributed by atoms with van der Waals surface area (Å²) < 4.78 is 4.61. The van der Waals surface area contributed by atoms with Gasteiger partial charge in [-0.15, -0.1) is 11.3 Å². The van der Waals surface area contributed by atoms with Crippen LogP contribution in [0.15, 0.2) is 10.4 Å². The summed E-state index contributed by atoms with van der Waals surface area (Å²) in [4.78, 5) is 15.2. The lowest BCUT2D eigenvalue weighted by atomic mass is 10.2. The van der Waals surface area contributed by atoms with Crippen molar-refractivity contribution in [3.8, 4) is 0 Å². The maximum absolute atomic E-state index is 11.3. The lowest BCUT2D eigenvalue weighted by molar-refractivity contribution is 0.0601. The van der Waals surface area contributed by atoms with Gasteiger partial charge in [0.05, 0.1) is 12.7 Å². The van der Waals surface area contributed by atoms with Crippen LogP contribution in [0.1, 0.15) is 15.9 Å². The number of aliphatic imine (C=N–C) groups is 1. The molecule has 0 amide bonds. The Hall–Kier alpha value is -1.40. The SMILES string of the molecule is COC(=O)c1c(C)csc1/N=C/NO. The first-order chi connectivity index (χ1) is 6.70. The molecule has 5 nitrogen and oxygen atoms in total. The number of hydrogen-bond acceptors (Lipinski definition) is 5. The summed E-state index contributed by atoms with van der Waals surface area (Å²) >= 11 is 1.31. The van der Waals surface area contributed by atoms with Crippen molar-refractivity contribution in [2.45, 2.75) is 6.92 Å². The van der Waals surface area contributed by atoms with Gasteiger partial charge in [0.1, 0.15) is 11.3 Å². The minimum absolute atomic E-state index is 0.422. The molecular formula is C8H10N2O3S. The van der Waals surface area contributed by atoms with E-state index >= 15 is 0 Å². The molecule has 0 bridgehead atoms. The van der Waals surface area contributed by atoms with E-state index in [0.29, 0.717) is 10.6 Å². The molecule has 14 heavy (non-hydrogen) atoms. The van der Waals surface area contributed by atoms with E-state index in [4.69, 9.17) is 5.21 Å². The maximum atomic E-state index is 11.3. The summed E-state index contributed by atoms with van der Waals surface area (Å²) in [5.41, 5.74) is 3.02. The second kappa shape index (κ2) is 4.73. The van der Waals surface area contributed by atoms with Crippen molar-refractivity contribution in [1.82, 2.24) is 5.48 Å². The summed E-state index contributed by atoms with van der Waals surface area (Å²) in [6, 6.07) is 0. The number of rotatable bonds is 3. The Morgan fingerprint density at radius 2 is 2.50 bits per heavy atom. The molecule has 0 aromatic carbocycles. The fraction of sp³-hybridized carbons (Fsp3) is 0.250. The molecule has 6 heteroatoms. The number of nitrogens with one attached hydrogen (secondary N) is 1. The van der Waals surface area contributed by atoms with Gasteiger partial charge in [0.2, 0.25) is 0 Å². The number of carbonyl (C=O) groups is 1. The smallest absolute Gasteiger partial charge is 0.341 e. The Kier molecular flexibility index (Phi) is 3.61. The predicted octanol–water partition coefficient (Wildman–Crippen LogP) is 1.48. The van der Waals surface area contributed by atoms with Crippen LogP contribution in [-0.2, 0) is 4.74 Å². The standard InChI is InChI=1S/C8H10N2O3S/c1-5-3-14-7(9-4-10-12)6(5)8(11)13-2/h3-4,12H,1-2H3,(H,9,10). The number of nitrogens with zero attached hydrogens (tertiary/aromatic N) is 1. The zero-order valence-corrected chi connectivity index (χ0v) is 8.59. The highest BCUT2D eigenvalue weighted by Gasteiger charge is 2.16. The van der Waals surface area contributed by atoms with Crippen LogP contribution in [0.2, 0.25) is 0 Å². The van der Waals surface area contributed by atoms with Gasteiger partial charge in [0, 0.05) is 0 Å². The molecule has 1 heterocycles. The van der Waals surface area contributed by atoms with Gasteiger partial charge in [-0.2, -0.15) is 0 Å². The molecule has 2 N–H and O–H groups in total. The second-order valence-electron chi connectivity index (χ2n) is 2.48. The molecule has 0 atom stereocenters. The van der Waals surface area contributed by atoms with Crippen molar-refractivity contribution >= 4 is 28.6 Å². The van der Waals surface area contributed by atoms with Gasteiger partial charge in [-0.1, -0.05) is 0 Å². The molecular weight excluding hydrogens is 204 g/mol. The normalized spacial score (nSPS) is 10.5. The van der Waals surface area contributed by atoms with E-state index in [2.05, 4.69) is 9.73 Å². The quantitative estimate of drug-likeness (QED) is 0.346. The van der Waals surface area contributed by atoms with Crippen LogP contribution >= 0.6 is 11.3 Å². The van der Waals surface area contributed by atoms with Gasteiger partial charge in [-0.3, -0.25) is 10.7 Å². The van der Waals surface area contributed by atoms with E-state index in [1.54, 1.807) is 17.8 Å². The number of ether oxygens (including phenoxy) is 1. The molecule has 0 aliphatic heterocycles. The Morgan fingerprint density at radius 1 is 1.79 bits per heavy atom. The number of hydrogen-bond donors (Lipinski definition) is 2. The highest BCUT2D eigenvalue weighted by molar-refractivity contribution is 7.14. The van der Waals surface area contributed by atoms with Crippen molar-refractivity contribution in [3.05, 3.63) is 16.5 Å². The van der Waals surface area contributed by atoms with E-state index < -0.39 is 5.97 Å². The molecule has 0 aliphatic rings. The molecule has 0 radical (unpaired) electrons. The fourth-order valence-electron chi connectivity index (χ4n) is 0.964. The minimum atomic E-state index is -0.422. The number of carbonyl (C=O) groups excluding carboxylic acids is 1. The van der Waals surface area contributed by atoms with Crippen molar-refractivity contribution < 1.29 is 14.7 Å². The van der Waals surface area contributed by atoms with E-state index in [1.165, 1.54) is 18.4 Å². The lowest BCUT2D eigenvalue weighted by Gasteiger charge is -1.98. The second-order valence-corrected chi connectivity index (χ2v) is 3.34. The van der Waals surface area contributed by atoms with E-state index in [9.17, 15) is 4.79 Å². The molecule has 1 aromatic heterocycles. The van der Waals surface area contributed by atoms with Gasteiger partial charge in [-0.25, -0.2) is 9.79 Å². The molecule has 0 spiro atoms. The van der Waals surface area contributed by atoms with Gasteiger partial charge in [0.25, 0.3) is 0 Å². The number of esters is 1. The highest BCUT2D eigenvalue weighted by atomic mass is 32.1. The molecule has 0 fully saturated rings. The van der Waals surface area contributed by atoms with Crippen LogP contribution in [0.25, 0.3) is 0 Å². The molecule has 1 rings (SSSR count). The maximum Gasteiger partial charge on any atom is 0.341 e. The first-order valence-electron chi connectivity index (χ1n) is 3.79. The van der Waals surface area contributed by atoms with E-state index in [-0.39, 0.29) is 0 Å². The number of methoxy groups -OCH3 is 1. The summed E-state index contributed by atoms with van der Waals surface area (Å²) in [5, 5.41) is 10.6. The van der Waals surface area contributed by atoms with Crippen molar-refractivity contribution in [3.63, 3.8) is 0 Å². The van der Waals surface area contributed by atoms with Crippen LogP contribution < -0.4 is 5.48 Å². The van der Waals surface area contributed by atoms with Gasteiger partial charge < -0.3 is 4.74 Å². The molecule has 0 saturated heterocycles. The first kappa shape index (κ1) is 10.7. The zero-order chi connectivity index (χ0) is 10.6. The largest absolute Gasteiger partial charge is 0.465 e. The van der Waals surface area contributed by atoms with Crippen molar-refractivity contribution in [1.29, 1.82) is 0 Å². The van der Waals surface area contributed by atoms with Gasteiger partial charge in [-0.05, 0) is 17.9 Å². The summed E-state index contributed by atoms with van der Waals surface area (Å²) in [5.74, 6) is -0.422. The third-order valence-corrected chi connectivity index (χ3v) is 2.59. The third kappa shape index (κ3) is 2.09. The Labute approximate surface area is 85.0 Å². The minimum Gasteiger partial charge on any atom is -0.465 e.